The van der Waals surface area contributed by atoms with E-state index < -0.39 is 20.0 Å². The summed E-state index contributed by atoms with van der Waals surface area (Å²) < 4.78 is 11.7. The van der Waals surface area contributed by atoms with E-state index in [1.54, 1.807) is 21.0 Å². The first-order valence-electron chi connectivity index (χ1n) is 10.7. The Morgan fingerprint density at radius 2 is 1.77 bits per heavy atom. The Morgan fingerprint density at radius 1 is 1.17 bits per heavy atom. The molecule has 0 saturated heterocycles. The van der Waals surface area contributed by atoms with Gasteiger partial charge in [-0.05, 0) is 75.9 Å². The molecule has 1 aromatic rings. The van der Waals surface area contributed by atoms with Crippen LogP contribution in [-0.4, -0.2) is 42.5 Å². The SMILES string of the molecule is COc1cc(CO[Si](C)(C)C(C)(C)C)cc(C/C=C(\C)CCC(O)C(C)(C)O)c1O. The van der Waals surface area contributed by atoms with E-state index >= 15 is 0 Å². The minimum absolute atomic E-state index is 0.129. The van der Waals surface area contributed by atoms with Crippen LogP contribution in [-0.2, 0) is 17.5 Å². The molecule has 1 aromatic carbocycles. The van der Waals surface area contributed by atoms with Crippen LogP contribution in [0.2, 0.25) is 18.1 Å². The molecular weight excluding hydrogens is 396 g/mol. The molecule has 0 spiro atoms. The van der Waals surface area contributed by atoms with Gasteiger partial charge in [-0.2, -0.15) is 0 Å². The maximum Gasteiger partial charge on any atom is 0.192 e. The smallest absolute Gasteiger partial charge is 0.192 e. The summed E-state index contributed by atoms with van der Waals surface area (Å²) in [4.78, 5) is 0. The molecule has 0 aliphatic carbocycles. The highest BCUT2D eigenvalue weighted by Crippen LogP contribution is 2.38. The van der Waals surface area contributed by atoms with Crippen LogP contribution in [0.15, 0.2) is 23.8 Å². The molecule has 0 radical (unpaired) electrons. The number of methoxy groups -OCH3 is 1. The minimum Gasteiger partial charge on any atom is -0.504 e. The van der Waals surface area contributed by atoms with E-state index in [-0.39, 0.29) is 10.8 Å². The second-order valence-corrected chi connectivity index (χ2v) is 15.1. The monoisotopic (exact) mass is 438 g/mol. The van der Waals surface area contributed by atoms with Crippen LogP contribution >= 0.6 is 0 Å². The molecule has 1 rings (SSSR count). The van der Waals surface area contributed by atoms with Crippen LogP contribution in [0.5, 0.6) is 11.5 Å². The van der Waals surface area contributed by atoms with Gasteiger partial charge in [0.25, 0.3) is 0 Å². The highest BCUT2D eigenvalue weighted by atomic mass is 28.4. The number of allylic oxidation sites excluding steroid dienone is 2. The van der Waals surface area contributed by atoms with Crippen molar-refractivity contribution in [2.75, 3.05) is 7.11 Å². The van der Waals surface area contributed by atoms with Gasteiger partial charge in [-0.25, -0.2) is 0 Å². The molecule has 0 fully saturated rings. The summed E-state index contributed by atoms with van der Waals surface area (Å²) in [5.41, 5.74) is 1.75. The molecule has 0 aromatic heterocycles. The first-order chi connectivity index (χ1) is 13.6. The topological polar surface area (TPSA) is 79.2 Å². The molecule has 172 valence electrons. The highest BCUT2D eigenvalue weighted by molar-refractivity contribution is 6.74. The third kappa shape index (κ3) is 7.73. The van der Waals surface area contributed by atoms with Crippen molar-refractivity contribution in [3.8, 4) is 11.5 Å². The van der Waals surface area contributed by atoms with Gasteiger partial charge in [0.2, 0.25) is 0 Å². The first kappa shape index (κ1) is 26.7. The molecule has 30 heavy (non-hydrogen) atoms. The van der Waals surface area contributed by atoms with Gasteiger partial charge in [-0.1, -0.05) is 32.4 Å². The standard InChI is InChI=1S/C24H42O5Si/c1-17(11-13-21(25)24(5,6)27)10-12-19-14-18(15-20(28-7)22(19)26)16-29-30(8,9)23(2,3)4/h10,14-15,21,25-27H,11-13,16H2,1-9H3/b17-10+. The highest BCUT2D eigenvalue weighted by Gasteiger charge is 2.37. The maximum atomic E-state index is 10.5. The molecule has 1 atom stereocenters. The second kappa shape index (κ2) is 10.3. The first-order valence-corrected chi connectivity index (χ1v) is 13.6. The molecule has 0 amide bonds. The predicted octanol–water partition coefficient (Wildman–Crippen LogP) is 5.32. The normalized spacial score (nSPS) is 14.7. The van der Waals surface area contributed by atoms with Crippen LogP contribution in [0, 0.1) is 0 Å². The molecule has 0 heterocycles. The number of rotatable bonds is 10. The predicted molar refractivity (Wildman–Crippen MR) is 126 cm³/mol. The largest absolute Gasteiger partial charge is 0.504 e. The Bertz CT molecular complexity index is 726. The van der Waals surface area contributed by atoms with Crippen LogP contribution in [0.3, 0.4) is 0 Å². The van der Waals surface area contributed by atoms with Gasteiger partial charge >= 0.3 is 0 Å². The lowest BCUT2D eigenvalue weighted by Crippen LogP contribution is -2.40. The van der Waals surface area contributed by atoms with E-state index in [2.05, 4.69) is 33.9 Å². The third-order valence-electron chi connectivity index (χ3n) is 6.14. The van der Waals surface area contributed by atoms with Crippen molar-refractivity contribution in [3.05, 3.63) is 34.9 Å². The van der Waals surface area contributed by atoms with Crippen LogP contribution in [0.25, 0.3) is 0 Å². The van der Waals surface area contributed by atoms with Crippen molar-refractivity contribution in [3.63, 3.8) is 0 Å². The second-order valence-electron chi connectivity index (χ2n) is 10.3. The number of aliphatic hydroxyl groups excluding tert-OH is 1. The Hall–Kier alpha value is -1.34. The molecular formula is C24H42O5Si. The number of aromatic hydroxyl groups is 1. The summed E-state index contributed by atoms with van der Waals surface area (Å²) in [6.07, 6.45) is 2.99. The molecule has 0 aliphatic heterocycles. The molecule has 3 N–H and O–H groups in total. The lowest BCUT2D eigenvalue weighted by atomic mass is 9.95. The van der Waals surface area contributed by atoms with Crippen LogP contribution in [0.1, 0.15) is 65.5 Å². The summed E-state index contributed by atoms with van der Waals surface area (Å²) >= 11 is 0. The van der Waals surface area contributed by atoms with Gasteiger partial charge in [-0.3, -0.25) is 0 Å². The number of hydrogen-bond acceptors (Lipinski definition) is 5. The van der Waals surface area contributed by atoms with E-state index in [9.17, 15) is 15.3 Å². The minimum atomic E-state index is -1.88. The fraction of sp³-hybridized carbons (Fsp3) is 0.667. The Labute approximate surface area is 183 Å². The van der Waals surface area contributed by atoms with E-state index in [0.717, 1.165) is 16.7 Å². The van der Waals surface area contributed by atoms with Crippen LogP contribution < -0.4 is 4.74 Å². The summed E-state index contributed by atoms with van der Waals surface area (Å²) in [7, 11) is -0.327. The Kier molecular flexibility index (Phi) is 9.17. The van der Waals surface area contributed by atoms with Gasteiger partial charge in [-0.15, -0.1) is 0 Å². The Balaban J connectivity index is 2.93. The fourth-order valence-corrected chi connectivity index (χ4v) is 3.67. The van der Waals surface area contributed by atoms with Gasteiger partial charge in [0, 0.05) is 5.56 Å². The number of phenolic OH excluding ortho intramolecular Hbond substituents is 1. The molecule has 5 nitrogen and oxygen atoms in total. The molecule has 6 heteroatoms. The van der Waals surface area contributed by atoms with Crippen molar-refractivity contribution in [2.45, 2.75) is 97.2 Å². The zero-order chi connectivity index (χ0) is 23.3. The van der Waals surface area contributed by atoms with E-state index in [1.807, 2.05) is 25.1 Å². The molecule has 0 saturated carbocycles. The molecule has 0 bridgehead atoms. The molecule has 0 aliphatic rings. The molecule has 1 unspecified atom stereocenters. The summed E-state index contributed by atoms with van der Waals surface area (Å²) in [5, 5.41) is 30.5. The number of phenols is 1. The quantitative estimate of drug-likeness (QED) is 0.340. The average Bonchev–Trinajstić information content (AvgIpc) is 2.62. The summed E-state index contributed by atoms with van der Waals surface area (Å²) in [6, 6.07) is 3.81. The third-order valence-corrected chi connectivity index (χ3v) is 10.6. The van der Waals surface area contributed by atoms with Crippen molar-refractivity contribution in [2.24, 2.45) is 0 Å². The van der Waals surface area contributed by atoms with Gasteiger partial charge < -0.3 is 24.5 Å². The van der Waals surface area contributed by atoms with Gasteiger partial charge in [0.05, 0.1) is 25.4 Å². The number of aliphatic hydroxyl groups is 2. The van der Waals surface area contributed by atoms with Gasteiger partial charge in [0.15, 0.2) is 19.8 Å². The van der Waals surface area contributed by atoms with Crippen LogP contribution in [0.4, 0.5) is 0 Å². The lowest BCUT2D eigenvalue weighted by molar-refractivity contribution is -0.0509. The fourth-order valence-electron chi connectivity index (χ4n) is 2.71. The Morgan fingerprint density at radius 3 is 2.27 bits per heavy atom. The average molecular weight is 439 g/mol. The van der Waals surface area contributed by atoms with Crippen molar-refractivity contribution in [1.82, 2.24) is 0 Å². The van der Waals surface area contributed by atoms with Crippen molar-refractivity contribution >= 4 is 8.32 Å². The van der Waals surface area contributed by atoms with Crippen molar-refractivity contribution < 1.29 is 24.5 Å². The number of hydrogen-bond donors (Lipinski definition) is 3. The van der Waals surface area contributed by atoms with Crippen molar-refractivity contribution in [1.29, 1.82) is 0 Å². The van der Waals surface area contributed by atoms with Gasteiger partial charge in [0.1, 0.15) is 0 Å². The van der Waals surface area contributed by atoms with E-state index in [4.69, 9.17) is 9.16 Å². The zero-order valence-corrected chi connectivity index (χ0v) is 21.3. The number of ether oxygens (including phenoxy) is 1. The van der Waals surface area contributed by atoms with E-state index in [1.165, 1.54) is 0 Å². The number of benzene rings is 1. The zero-order valence-electron chi connectivity index (χ0n) is 20.3. The summed E-state index contributed by atoms with van der Waals surface area (Å²) in [6.45, 7) is 16.8. The lowest BCUT2D eigenvalue weighted by Gasteiger charge is -2.36. The maximum absolute atomic E-state index is 10.5. The summed E-state index contributed by atoms with van der Waals surface area (Å²) in [5.74, 6) is 0.596. The van der Waals surface area contributed by atoms with E-state index in [0.29, 0.717) is 31.6 Å².